The molecule has 180 valence electrons. The third kappa shape index (κ3) is 6.11. The fraction of sp³-hybridized carbons (Fsp3) is 0.542. The van der Waals surface area contributed by atoms with Crippen LogP contribution in [0.5, 0.6) is 5.75 Å². The van der Waals surface area contributed by atoms with E-state index in [0.29, 0.717) is 30.2 Å². The summed E-state index contributed by atoms with van der Waals surface area (Å²) in [5.41, 5.74) is 0.937. The standard InChI is InChI=1S/C24H34N4O5/c1-6-11-28-13-16(2)22(31-5)14-27(4)24(30)19-8-7-18(12-21(19)32-15-17(28)3)26-23(29)20-9-10-25-33-20/h7-10,12,16-17,22H,6,11,13-15H2,1-5H3,(H,26,29)/t16-,17+,22+/m0/s1. The summed E-state index contributed by atoms with van der Waals surface area (Å²) >= 11 is 0. The van der Waals surface area contributed by atoms with Gasteiger partial charge in [-0.1, -0.05) is 19.0 Å². The van der Waals surface area contributed by atoms with E-state index in [1.165, 1.54) is 12.3 Å². The largest absolute Gasteiger partial charge is 0.491 e. The number of ether oxygens (including phenoxy) is 2. The number of nitrogens with one attached hydrogen (secondary N) is 1. The molecule has 1 N–H and O–H groups in total. The van der Waals surface area contributed by atoms with Crippen molar-refractivity contribution in [1.82, 2.24) is 15.0 Å². The molecule has 0 bridgehead atoms. The maximum absolute atomic E-state index is 13.3. The maximum atomic E-state index is 13.3. The molecule has 0 aliphatic carbocycles. The highest BCUT2D eigenvalue weighted by atomic mass is 16.5. The highest BCUT2D eigenvalue weighted by Gasteiger charge is 2.28. The van der Waals surface area contributed by atoms with E-state index in [9.17, 15) is 9.59 Å². The van der Waals surface area contributed by atoms with Gasteiger partial charge < -0.3 is 24.2 Å². The molecular formula is C24H34N4O5. The highest BCUT2D eigenvalue weighted by molar-refractivity contribution is 6.03. The van der Waals surface area contributed by atoms with E-state index in [1.807, 2.05) is 0 Å². The minimum atomic E-state index is -0.427. The lowest BCUT2D eigenvalue weighted by atomic mass is 10.0. The van der Waals surface area contributed by atoms with Crippen LogP contribution in [0.4, 0.5) is 5.69 Å². The zero-order chi connectivity index (χ0) is 24.0. The van der Waals surface area contributed by atoms with Crippen LogP contribution < -0.4 is 10.1 Å². The molecule has 0 saturated heterocycles. The summed E-state index contributed by atoms with van der Waals surface area (Å²) in [6, 6.07) is 6.65. The quantitative estimate of drug-likeness (QED) is 0.735. The summed E-state index contributed by atoms with van der Waals surface area (Å²) in [5.74, 6) is 0.178. The minimum Gasteiger partial charge on any atom is -0.491 e. The van der Waals surface area contributed by atoms with E-state index >= 15 is 0 Å². The van der Waals surface area contributed by atoms with Gasteiger partial charge in [0, 0.05) is 51.1 Å². The Balaban J connectivity index is 1.91. The predicted molar refractivity (Wildman–Crippen MR) is 125 cm³/mol. The fourth-order valence-electron chi connectivity index (χ4n) is 4.05. The average molecular weight is 459 g/mol. The topological polar surface area (TPSA) is 97.1 Å². The van der Waals surface area contributed by atoms with Gasteiger partial charge in [0.1, 0.15) is 12.4 Å². The van der Waals surface area contributed by atoms with Crippen molar-refractivity contribution < 1.29 is 23.6 Å². The van der Waals surface area contributed by atoms with Gasteiger partial charge in [-0.3, -0.25) is 14.5 Å². The zero-order valence-corrected chi connectivity index (χ0v) is 20.0. The monoisotopic (exact) mass is 458 g/mol. The normalized spacial score (nSPS) is 22.6. The average Bonchev–Trinajstić information content (AvgIpc) is 3.34. The number of rotatable bonds is 5. The number of carbonyl (C=O) groups is 2. The van der Waals surface area contributed by atoms with Gasteiger partial charge in [-0.15, -0.1) is 0 Å². The lowest BCUT2D eigenvalue weighted by Gasteiger charge is -2.35. The Morgan fingerprint density at radius 2 is 2.06 bits per heavy atom. The van der Waals surface area contributed by atoms with E-state index in [-0.39, 0.29) is 29.7 Å². The Morgan fingerprint density at radius 3 is 2.73 bits per heavy atom. The first-order valence-corrected chi connectivity index (χ1v) is 11.3. The van der Waals surface area contributed by atoms with E-state index in [1.54, 1.807) is 37.3 Å². The molecule has 0 radical (unpaired) electrons. The van der Waals surface area contributed by atoms with Gasteiger partial charge in [0.2, 0.25) is 5.76 Å². The summed E-state index contributed by atoms with van der Waals surface area (Å²) in [4.78, 5) is 29.7. The van der Waals surface area contributed by atoms with Crippen molar-refractivity contribution in [2.24, 2.45) is 5.92 Å². The first kappa shape index (κ1) is 24.7. The second kappa shape index (κ2) is 11.3. The molecule has 2 heterocycles. The molecule has 2 aromatic rings. The van der Waals surface area contributed by atoms with Gasteiger partial charge in [-0.05, 0) is 37.9 Å². The molecule has 3 rings (SSSR count). The Bertz CT molecular complexity index is 933. The maximum Gasteiger partial charge on any atom is 0.294 e. The first-order chi connectivity index (χ1) is 15.8. The number of nitrogens with zero attached hydrogens (tertiary/aromatic N) is 3. The molecule has 9 heteroatoms. The molecule has 1 aromatic heterocycles. The SMILES string of the molecule is CCCN1C[C@H](C)[C@H](OC)CN(C)C(=O)c2ccc(NC(=O)c3ccno3)cc2OC[C@H]1C. The Kier molecular flexibility index (Phi) is 8.46. The summed E-state index contributed by atoms with van der Waals surface area (Å²) in [6.45, 7) is 9.11. The van der Waals surface area contributed by atoms with E-state index in [2.05, 4.69) is 36.1 Å². The van der Waals surface area contributed by atoms with Crippen molar-refractivity contribution >= 4 is 17.5 Å². The number of aromatic nitrogens is 1. The molecule has 9 nitrogen and oxygen atoms in total. The molecule has 0 unspecified atom stereocenters. The Hall–Kier alpha value is -2.91. The fourth-order valence-corrected chi connectivity index (χ4v) is 4.05. The van der Waals surface area contributed by atoms with Crippen LogP contribution in [-0.2, 0) is 4.74 Å². The van der Waals surface area contributed by atoms with Gasteiger partial charge in [0.25, 0.3) is 11.8 Å². The number of methoxy groups -OCH3 is 1. The summed E-state index contributed by atoms with van der Waals surface area (Å²) in [5, 5.41) is 6.32. The van der Waals surface area contributed by atoms with Crippen LogP contribution in [0.2, 0.25) is 0 Å². The minimum absolute atomic E-state index is 0.0882. The van der Waals surface area contributed by atoms with Crippen molar-refractivity contribution in [2.45, 2.75) is 39.3 Å². The number of hydrogen-bond donors (Lipinski definition) is 1. The van der Waals surface area contributed by atoms with Crippen LogP contribution in [-0.4, -0.2) is 79.3 Å². The van der Waals surface area contributed by atoms with Crippen LogP contribution in [0.25, 0.3) is 0 Å². The second-order valence-corrected chi connectivity index (χ2v) is 8.63. The molecule has 1 aliphatic rings. The third-order valence-electron chi connectivity index (χ3n) is 6.01. The molecule has 2 amide bonds. The zero-order valence-electron chi connectivity index (χ0n) is 20.0. The number of anilines is 1. The van der Waals surface area contributed by atoms with Crippen molar-refractivity contribution in [3.8, 4) is 5.75 Å². The second-order valence-electron chi connectivity index (χ2n) is 8.63. The van der Waals surface area contributed by atoms with Crippen molar-refractivity contribution in [2.75, 3.05) is 45.7 Å². The van der Waals surface area contributed by atoms with Gasteiger partial charge in [0.15, 0.2) is 0 Å². The molecule has 33 heavy (non-hydrogen) atoms. The van der Waals surface area contributed by atoms with Gasteiger partial charge >= 0.3 is 0 Å². The lowest BCUT2D eigenvalue weighted by Crippen LogP contribution is -2.46. The number of benzene rings is 1. The van der Waals surface area contributed by atoms with Crippen LogP contribution in [0, 0.1) is 5.92 Å². The highest BCUT2D eigenvalue weighted by Crippen LogP contribution is 2.27. The molecule has 1 aliphatic heterocycles. The Morgan fingerprint density at radius 1 is 1.27 bits per heavy atom. The number of fused-ring (bicyclic) bond motifs is 1. The number of likely N-dealkylation sites (N-methyl/N-ethyl adjacent to an activating group) is 1. The van der Waals surface area contributed by atoms with Gasteiger partial charge in [-0.2, -0.15) is 0 Å². The molecule has 1 aromatic carbocycles. The van der Waals surface area contributed by atoms with Gasteiger partial charge in [0.05, 0.1) is 17.9 Å². The van der Waals surface area contributed by atoms with E-state index < -0.39 is 5.91 Å². The first-order valence-electron chi connectivity index (χ1n) is 11.3. The van der Waals surface area contributed by atoms with Crippen LogP contribution >= 0.6 is 0 Å². The lowest BCUT2D eigenvalue weighted by molar-refractivity contribution is 0.0108. The molecule has 0 spiro atoms. The molecular weight excluding hydrogens is 424 g/mol. The summed E-state index contributed by atoms with van der Waals surface area (Å²) < 4.78 is 16.8. The van der Waals surface area contributed by atoms with Crippen LogP contribution in [0.3, 0.4) is 0 Å². The number of hydrogen-bond acceptors (Lipinski definition) is 7. The molecule has 0 saturated carbocycles. The van der Waals surface area contributed by atoms with E-state index in [4.69, 9.17) is 14.0 Å². The van der Waals surface area contributed by atoms with Crippen molar-refractivity contribution in [3.05, 3.63) is 41.8 Å². The summed E-state index contributed by atoms with van der Waals surface area (Å²) in [6.07, 6.45) is 2.35. The number of carbonyl (C=O) groups excluding carboxylic acids is 2. The van der Waals surface area contributed by atoms with Crippen LogP contribution in [0.1, 0.15) is 48.1 Å². The van der Waals surface area contributed by atoms with Gasteiger partial charge in [-0.25, -0.2) is 0 Å². The van der Waals surface area contributed by atoms with E-state index in [0.717, 1.165) is 19.5 Å². The van der Waals surface area contributed by atoms with Crippen molar-refractivity contribution in [3.63, 3.8) is 0 Å². The predicted octanol–water partition coefficient (Wildman–Crippen LogP) is 3.14. The summed E-state index contributed by atoms with van der Waals surface area (Å²) in [7, 11) is 3.46. The van der Waals surface area contributed by atoms with Crippen LogP contribution in [0.15, 0.2) is 35.0 Å². The third-order valence-corrected chi connectivity index (χ3v) is 6.01. The molecule has 3 atom stereocenters. The number of amides is 2. The molecule has 0 fully saturated rings. The Labute approximate surface area is 195 Å². The smallest absolute Gasteiger partial charge is 0.294 e. The van der Waals surface area contributed by atoms with Crippen molar-refractivity contribution in [1.29, 1.82) is 0 Å².